The Balaban J connectivity index is 1.23. The molecule has 0 amide bonds. The van der Waals surface area contributed by atoms with Gasteiger partial charge in [-0.2, -0.15) is 5.10 Å². The number of nitrogens with zero attached hydrogens (tertiary/aromatic N) is 4. The van der Waals surface area contributed by atoms with Crippen LogP contribution in [0.4, 0.5) is 0 Å². The molecule has 29 heavy (non-hydrogen) atoms. The van der Waals surface area contributed by atoms with Gasteiger partial charge in [-0.05, 0) is 95.2 Å². The Bertz CT molecular complexity index is 814. The molecule has 2 fully saturated rings. The van der Waals surface area contributed by atoms with Crippen molar-refractivity contribution in [3.63, 3.8) is 0 Å². The lowest BCUT2D eigenvalue weighted by atomic mass is 9.78. The molecule has 0 saturated carbocycles. The Morgan fingerprint density at radius 3 is 2.03 bits per heavy atom. The third kappa shape index (κ3) is 4.84. The van der Waals surface area contributed by atoms with Crippen LogP contribution in [0, 0.1) is 25.7 Å². The number of phenols is 1. The van der Waals surface area contributed by atoms with Gasteiger partial charge in [-0.15, -0.1) is 0 Å². The first-order valence-electron chi connectivity index (χ1n) is 11.2. The van der Waals surface area contributed by atoms with Crippen molar-refractivity contribution in [1.29, 1.82) is 0 Å². The summed E-state index contributed by atoms with van der Waals surface area (Å²) in [7, 11) is 2.05. The SMILES string of the molecule is Cc1nn(C)c(C)c1CN1CCC(C2CCN(Cc3cccc(O)c3)CC2)CC1. The van der Waals surface area contributed by atoms with Crippen LogP contribution < -0.4 is 0 Å². The number of aromatic hydroxyl groups is 1. The molecule has 2 saturated heterocycles. The summed E-state index contributed by atoms with van der Waals surface area (Å²) in [5, 5.41) is 14.3. The van der Waals surface area contributed by atoms with Gasteiger partial charge in [-0.1, -0.05) is 12.1 Å². The van der Waals surface area contributed by atoms with Crippen LogP contribution in [-0.4, -0.2) is 50.9 Å². The molecular weight excluding hydrogens is 360 g/mol. The van der Waals surface area contributed by atoms with Crippen LogP contribution in [0.3, 0.4) is 0 Å². The Morgan fingerprint density at radius 2 is 1.52 bits per heavy atom. The van der Waals surface area contributed by atoms with Gasteiger partial charge in [-0.3, -0.25) is 14.5 Å². The number of piperidine rings is 2. The number of likely N-dealkylation sites (tertiary alicyclic amines) is 2. The van der Waals surface area contributed by atoms with Crippen LogP contribution in [0.2, 0.25) is 0 Å². The minimum Gasteiger partial charge on any atom is -0.508 e. The van der Waals surface area contributed by atoms with Crippen molar-refractivity contribution in [1.82, 2.24) is 19.6 Å². The van der Waals surface area contributed by atoms with Crippen molar-refractivity contribution < 1.29 is 5.11 Å². The number of phenolic OH excluding ortho intramolecular Hbond substituents is 1. The number of aryl methyl sites for hydroxylation is 2. The van der Waals surface area contributed by atoms with Gasteiger partial charge in [0, 0.05) is 31.4 Å². The molecule has 5 nitrogen and oxygen atoms in total. The molecule has 158 valence electrons. The third-order valence-corrected chi connectivity index (χ3v) is 7.29. The summed E-state index contributed by atoms with van der Waals surface area (Å²) in [5.41, 5.74) is 5.14. The summed E-state index contributed by atoms with van der Waals surface area (Å²) < 4.78 is 2.02. The number of benzene rings is 1. The Kier molecular flexibility index (Phi) is 6.26. The predicted molar refractivity (Wildman–Crippen MR) is 117 cm³/mol. The smallest absolute Gasteiger partial charge is 0.115 e. The average Bonchev–Trinajstić information content (AvgIpc) is 2.95. The molecule has 4 rings (SSSR count). The van der Waals surface area contributed by atoms with Gasteiger partial charge in [0.25, 0.3) is 0 Å². The van der Waals surface area contributed by atoms with Crippen molar-refractivity contribution in [3.8, 4) is 5.75 Å². The molecule has 1 N–H and O–H groups in total. The second-order valence-electron chi connectivity index (χ2n) is 9.17. The summed E-state index contributed by atoms with van der Waals surface area (Å²) in [6, 6.07) is 7.71. The fraction of sp³-hybridized carbons (Fsp3) is 0.625. The molecule has 0 spiro atoms. The van der Waals surface area contributed by atoms with E-state index in [2.05, 4.69) is 34.8 Å². The fourth-order valence-electron chi connectivity index (χ4n) is 5.35. The highest BCUT2D eigenvalue weighted by atomic mass is 16.3. The lowest BCUT2D eigenvalue weighted by molar-refractivity contribution is 0.0908. The normalized spacial score (nSPS) is 20.4. The first kappa shape index (κ1) is 20.4. The number of aromatic nitrogens is 2. The van der Waals surface area contributed by atoms with Gasteiger partial charge in [0.15, 0.2) is 0 Å². The van der Waals surface area contributed by atoms with Crippen molar-refractivity contribution in [2.45, 2.75) is 52.6 Å². The molecule has 0 aliphatic carbocycles. The number of hydrogen-bond acceptors (Lipinski definition) is 4. The van der Waals surface area contributed by atoms with Gasteiger partial charge < -0.3 is 5.11 Å². The Morgan fingerprint density at radius 1 is 0.931 bits per heavy atom. The van der Waals surface area contributed by atoms with Crippen LogP contribution in [0.5, 0.6) is 5.75 Å². The zero-order chi connectivity index (χ0) is 20.4. The minimum atomic E-state index is 0.376. The highest BCUT2D eigenvalue weighted by Gasteiger charge is 2.30. The molecule has 2 aromatic rings. The third-order valence-electron chi connectivity index (χ3n) is 7.29. The molecule has 2 aliphatic heterocycles. The molecule has 3 heterocycles. The van der Waals surface area contributed by atoms with Gasteiger partial charge in [0.05, 0.1) is 5.69 Å². The van der Waals surface area contributed by atoms with E-state index in [0.717, 1.165) is 24.9 Å². The zero-order valence-electron chi connectivity index (χ0n) is 18.3. The molecule has 0 atom stereocenters. The summed E-state index contributed by atoms with van der Waals surface area (Å²) in [4.78, 5) is 5.18. The second kappa shape index (κ2) is 8.88. The van der Waals surface area contributed by atoms with E-state index in [-0.39, 0.29) is 0 Å². The molecule has 5 heteroatoms. The van der Waals surface area contributed by atoms with E-state index in [0.29, 0.717) is 5.75 Å². The topological polar surface area (TPSA) is 44.5 Å². The van der Waals surface area contributed by atoms with Crippen molar-refractivity contribution >= 4 is 0 Å². The predicted octanol–water partition coefficient (Wildman–Crippen LogP) is 3.87. The molecule has 2 aliphatic rings. The van der Waals surface area contributed by atoms with Crippen molar-refractivity contribution in [2.75, 3.05) is 26.2 Å². The van der Waals surface area contributed by atoms with Crippen LogP contribution in [-0.2, 0) is 20.1 Å². The van der Waals surface area contributed by atoms with E-state index >= 15 is 0 Å². The fourth-order valence-corrected chi connectivity index (χ4v) is 5.35. The summed E-state index contributed by atoms with van der Waals surface area (Å²) in [5.74, 6) is 2.16. The Hall–Kier alpha value is -1.85. The van der Waals surface area contributed by atoms with Crippen LogP contribution in [0.1, 0.15) is 48.2 Å². The van der Waals surface area contributed by atoms with Gasteiger partial charge in [0.1, 0.15) is 5.75 Å². The zero-order valence-corrected chi connectivity index (χ0v) is 18.3. The highest BCUT2D eigenvalue weighted by molar-refractivity contribution is 5.27. The summed E-state index contributed by atoms with van der Waals surface area (Å²) in [6.07, 6.45) is 5.33. The largest absolute Gasteiger partial charge is 0.508 e. The van der Waals surface area contributed by atoms with Crippen molar-refractivity contribution in [3.05, 3.63) is 46.8 Å². The molecular formula is C24H36N4O. The number of rotatable bonds is 5. The van der Waals surface area contributed by atoms with E-state index in [4.69, 9.17) is 0 Å². The summed E-state index contributed by atoms with van der Waals surface area (Å²) >= 11 is 0. The van der Waals surface area contributed by atoms with Gasteiger partial charge in [-0.25, -0.2) is 0 Å². The standard InChI is InChI=1S/C24H36N4O/c1-18-24(19(2)26(3)25-18)17-28-13-9-22(10-14-28)21-7-11-27(12-8-21)16-20-5-4-6-23(29)15-20/h4-6,15,21-22,29H,7-14,16-17H2,1-3H3. The van der Waals surface area contributed by atoms with E-state index in [9.17, 15) is 5.11 Å². The minimum absolute atomic E-state index is 0.376. The van der Waals surface area contributed by atoms with Gasteiger partial charge in [0.2, 0.25) is 0 Å². The molecule has 0 radical (unpaired) electrons. The quantitative estimate of drug-likeness (QED) is 0.833. The van der Waals surface area contributed by atoms with Crippen molar-refractivity contribution in [2.24, 2.45) is 18.9 Å². The van der Waals surface area contributed by atoms with Crippen LogP contribution in [0.15, 0.2) is 24.3 Å². The maximum atomic E-state index is 9.67. The van der Waals surface area contributed by atoms with E-state index in [1.165, 1.54) is 74.4 Å². The maximum absolute atomic E-state index is 9.67. The second-order valence-corrected chi connectivity index (χ2v) is 9.17. The molecule has 1 aromatic heterocycles. The van der Waals surface area contributed by atoms with Gasteiger partial charge >= 0.3 is 0 Å². The van der Waals surface area contributed by atoms with E-state index in [1.54, 1.807) is 6.07 Å². The van der Waals surface area contributed by atoms with Crippen LogP contribution >= 0.6 is 0 Å². The average molecular weight is 397 g/mol. The molecule has 0 bridgehead atoms. The monoisotopic (exact) mass is 396 g/mol. The lowest BCUT2D eigenvalue weighted by Crippen LogP contribution is -2.40. The molecule has 1 aromatic carbocycles. The summed E-state index contributed by atoms with van der Waals surface area (Å²) in [6.45, 7) is 11.2. The molecule has 0 unspecified atom stereocenters. The highest BCUT2D eigenvalue weighted by Crippen LogP contribution is 2.33. The lowest BCUT2D eigenvalue weighted by Gasteiger charge is -2.40. The first-order valence-corrected chi connectivity index (χ1v) is 11.2. The Labute approximate surface area is 175 Å². The van der Waals surface area contributed by atoms with Crippen LogP contribution in [0.25, 0.3) is 0 Å². The number of hydrogen-bond donors (Lipinski definition) is 1. The van der Waals surface area contributed by atoms with E-state index in [1.807, 2.05) is 23.9 Å². The maximum Gasteiger partial charge on any atom is 0.115 e. The first-order chi connectivity index (χ1) is 14.0. The van der Waals surface area contributed by atoms with E-state index < -0.39 is 0 Å².